The Morgan fingerprint density at radius 3 is 2.54 bits per heavy atom. The number of aryl methyl sites for hydroxylation is 1. The van der Waals surface area contributed by atoms with E-state index in [-0.39, 0.29) is 5.91 Å². The number of carbonyl (C=O) groups is 1. The molecule has 1 N–H and O–H groups in total. The molecule has 24 heavy (non-hydrogen) atoms. The SMILES string of the molecule is CCN(CC)c1ccc(NC(=O)c2sc(CC(C)C)nc2C)cn1. The van der Waals surface area contributed by atoms with Crippen LogP contribution >= 0.6 is 11.3 Å². The first kappa shape index (κ1) is 18.4. The largest absolute Gasteiger partial charge is 0.357 e. The van der Waals surface area contributed by atoms with Gasteiger partial charge >= 0.3 is 0 Å². The summed E-state index contributed by atoms with van der Waals surface area (Å²) in [5.74, 6) is 1.34. The van der Waals surface area contributed by atoms with Gasteiger partial charge in [-0.2, -0.15) is 0 Å². The van der Waals surface area contributed by atoms with Crippen molar-refractivity contribution in [3.05, 3.63) is 33.9 Å². The second-order valence-corrected chi connectivity index (χ2v) is 7.24. The molecule has 2 heterocycles. The lowest BCUT2D eigenvalue weighted by atomic mass is 10.1. The summed E-state index contributed by atoms with van der Waals surface area (Å²) in [7, 11) is 0. The third kappa shape index (κ3) is 4.54. The Balaban J connectivity index is 2.08. The van der Waals surface area contributed by atoms with Gasteiger partial charge in [0, 0.05) is 19.5 Å². The highest BCUT2D eigenvalue weighted by Gasteiger charge is 2.16. The lowest BCUT2D eigenvalue weighted by Gasteiger charge is -2.19. The van der Waals surface area contributed by atoms with Gasteiger partial charge in [0.15, 0.2) is 0 Å². The van der Waals surface area contributed by atoms with Crippen LogP contribution in [0.1, 0.15) is 48.1 Å². The average Bonchev–Trinajstić information content (AvgIpc) is 2.90. The Morgan fingerprint density at radius 1 is 1.29 bits per heavy atom. The molecule has 0 aliphatic carbocycles. The number of hydrogen-bond donors (Lipinski definition) is 1. The van der Waals surface area contributed by atoms with E-state index in [0.717, 1.165) is 36.0 Å². The molecule has 0 radical (unpaired) electrons. The minimum absolute atomic E-state index is 0.114. The molecule has 0 spiro atoms. The highest BCUT2D eigenvalue weighted by Crippen LogP contribution is 2.22. The van der Waals surface area contributed by atoms with Crippen LogP contribution < -0.4 is 10.2 Å². The molecule has 2 aromatic rings. The molecule has 0 saturated heterocycles. The van der Waals surface area contributed by atoms with Crippen LogP contribution in [0.4, 0.5) is 11.5 Å². The van der Waals surface area contributed by atoms with Crippen molar-refractivity contribution in [1.82, 2.24) is 9.97 Å². The first-order chi connectivity index (χ1) is 11.4. The number of nitrogens with zero attached hydrogens (tertiary/aromatic N) is 3. The number of nitrogens with one attached hydrogen (secondary N) is 1. The lowest BCUT2D eigenvalue weighted by Crippen LogP contribution is -2.22. The average molecular weight is 347 g/mol. The second kappa shape index (κ2) is 8.24. The quantitative estimate of drug-likeness (QED) is 0.818. The Hall–Kier alpha value is -1.95. The Kier molecular flexibility index (Phi) is 6.31. The summed E-state index contributed by atoms with van der Waals surface area (Å²) < 4.78 is 0. The van der Waals surface area contributed by atoms with Gasteiger partial charge in [0.25, 0.3) is 5.91 Å². The van der Waals surface area contributed by atoms with E-state index < -0.39 is 0 Å². The van der Waals surface area contributed by atoms with Crippen molar-refractivity contribution in [3.63, 3.8) is 0 Å². The van der Waals surface area contributed by atoms with Gasteiger partial charge in [-0.1, -0.05) is 13.8 Å². The zero-order valence-electron chi connectivity index (χ0n) is 15.1. The maximum atomic E-state index is 12.5. The van der Waals surface area contributed by atoms with Crippen LogP contribution in [0.15, 0.2) is 18.3 Å². The molecule has 0 bridgehead atoms. The molecule has 0 aromatic carbocycles. The summed E-state index contributed by atoms with van der Waals surface area (Å²) in [4.78, 5) is 24.3. The molecule has 0 unspecified atom stereocenters. The van der Waals surface area contributed by atoms with Crippen molar-refractivity contribution in [3.8, 4) is 0 Å². The minimum Gasteiger partial charge on any atom is -0.357 e. The summed E-state index contributed by atoms with van der Waals surface area (Å²) in [6.07, 6.45) is 2.61. The van der Waals surface area contributed by atoms with E-state index in [1.165, 1.54) is 11.3 Å². The molecule has 0 saturated carbocycles. The van der Waals surface area contributed by atoms with E-state index in [0.29, 0.717) is 16.5 Å². The van der Waals surface area contributed by atoms with Gasteiger partial charge in [-0.25, -0.2) is 9.97 Å². The van der Waals surface area contributed by atoms with Gasteiger partial charge in [0.05, 0.1) is 22.6 Å². The third-order valence-electron chi connectivity index (χ3n) is 3.72. The van der Waals surface area contributed by atoms with E-state index >= 15 is 0 Å². The normalized spacial score (nSPS) is 10.9. The number of amides is 1. The fraction of sp³-hybridized carbons (Fsp3) is 0.500. The third-order valence-corrected chi connectivity index (χ3v) is 4.90. The lowest BCUT2D eigenvalue weighted by molar-refractivity contribution is 0.103. The van der Waals surface area contributed by atoms with Crippen LogP contribution in [0.2, 0.25) is 0 Å². The van der Waals surface area contributed by atoms with E-state index in [1.807, 2.05) is 19.1 Å². The van der Waals surface area contributed by atoms with E-state index in [1.54, 1.807) is 6.20 Å². The van der Waals surface area contributed by atoms with Crippen LogP contribution in [0.25, 0.3) is 0 Å². The van der Waals surface area contributed by atoms with Crippen LogP contribution in [0.5, 0.6) is 0 Å². The number of anilines is 2. The molecule has 2 rings (SSSR count). The molecule has 2 aromatic heterocycles. The van der Waals surface area contributed by atoms with Crippen molar-refractivity contribution < 1.29 is 4.79 Å². The maximum absolute atomic E-state index is 12.5. The maximum Gasteiger partial charge on any atom is 0.267 e. The van der Waals surface area contributed by atoms with Crippen molar-refractivity contribution >= 4 is 28.7 Å². The molecule has 5 nitrogen and oxygen atoms in total. The molecule has 0 fully saturated rings. The van der Waals surface area contributed by atoms with E-state index in [9.17, 15) is 4.79 Å². The molecular weight excluding hydrogens is 320 g/mol. The predicted molar refractivity (Wildman–Crippen MR) is 101 cm³/mol. The Bertz CT molecular complexity index is 675. The van der Waals surface area contributed by atoms with Crippen LogP contribution in [0.3, 0.4) is 0 Å². The predicted octanol–water partition coefficient (Wildman–Crippen LogP) is 4.14. The number of carbonyl (C=O) groups excluding carboxylic acids is 1. The number of rotatable bonds is 7. The molecule has 1 amide bonds. The summed E-state index contributed by atoms with van der Waals surface area (Å²) in [5, 5.41) is 3.93. The zero-order chi connectivity index (χ0) is 17.7. The number of thiazole rings is 1. The summed E-state index contributed by atoms with van der Waals surface area (Å²) >= 11 is 1.48. The van der Waals surface area contributed by atoms with Gasteiger partial charge in [0.2, 0.25) is 0 Å². The molecule has 130 valence electrons. The van der Waals surface area contributed by atoms with Gasteiger partial charge in [-0.05, 0) is 38.8 Å². The molecule has 0 atom stereocenters. The monoisotopic (exact) mass is 346 g/mol. The van der Waals surface area contributed by atoms with Crippen LogP contribution in [-0.2, 0) is 6.42 Å². The topological polar surface area (TPSA) is 58.1 Å². The van der Waals surface area contributed by atoms with Crippen molar-refractivity contribution in [2.24, 2.45) is 5.92 Å². The van der Waals surface area contributed by atoms with Gasteiger partial charge in [-0.15, -0.1) is 11.3 Å². The highest BCUT2D eigenvalue weighted by atomic mass is 32.1. The fourth-order valence-corrected chi connectivity index (χ4v) is 3.65. The highest BCUT2D eigenvalue weighted by molar-refractivity contribution is 7.13. The molecule has 6 heteroatoms. The zero-order valence-corrected chi connectivity index (χ0v) is 15.9. The van der Waals surface area contributed by atoms with Gasteiger partial charge < -0.3 is 10.2 Å². The first-order valence-electron chi connectivity index (χ1n) is 8.43. The van der Waals surface area contributed by atoms with Crippen LogP contribution in [0, 0.1) is 12.8 Å². The number of pyridine rings is 1. The molecule has 0 aliphatic rings. The standard InChI is InChI=1S/C18H26N4OS/c1-6-22(7-2)15-9-8-14(11-19-15)21-18(23)17-13(5)20-16(24-17)10-12(3)4/h8-9,11-12H,6-7,10H2,1-5H3,(H,21,23). The minimum atomic E-state index is -0.114. The summed E-state index contributed by atoms with van der Waals surface area (Å²) in [6, 6.07) is 3.83. The van der Waals surface area contributed by atoms with E-state index in [2.05, 4.69) is 47.9 Å². The van der Waals surface area contributed by atoms with E-state index in [4.69, 9.17) is 0 Å². The van der Waals surface area contributed by atoms with Crippen molar-refractivity contribution in [1.29, 1.82) is 0 Å². The van der Waals surface area contributed by atoms with Crippen molar-refractivity contribution in [2.75, 3.05) is 23.3 Å². The smallest absolute Gasteiger partial charge is 0.267 e. The van der Waals surface area contributed by atoms with Gasteiger partial charge in [0.1, 0.15) is 10.7 Å². The summed E-state index contributed by atoms with van der Waals surface area (Å²) in [5.41, 5.74) is 1.50. The Morgan fingerprint density at radius 2 is 2.00 bits per heavy atom. The second-order valence-electron chi connectivity index (χ2n) is 6.15. The van der Waals surface area contributed by atoms with Gasteiger partial charge in [-0.3, -0.25) is 4.79 Å². The summed E-state index contributed by atoms with van der Waals surface area (Å²) in [6.45, 7) is 12.2. The number of hydrogen-bond acceptors (Lipinski definition) is 5. The molecular formula is C18H26N4OS. The number of aromatic nitrogens is 2. The molecule has 0 aliphatic heterocycles. The van der Waals surface area contributed by atoms with Crippen LogP contribution in [-0.4, -0.2) is 29.0 Å². The van der Waals surface area contributed by atoms with Crippen molar-refractivity contribution in [2.45, 2.75) is 41.0 Å². The first-order valence-corrected chi connectivity index (χ1v) is 9.24. The fourth-order valence-electron chi connectivity index (χ4n) is 2.48. The Labute approximate surface area is 148 Å².